The number of rotatable bonds is 5. The minimum atomic E-state index is -3.75. The topological polar surface area (TPSA) is 72.6 Å². The van der Waals surface area contributed by atoms with Crippen LogP contribution in [-0.4, -0.2) is 40.0 Å². The lowest BCUT2D eigenvalue weighted by atomic mass is 10.3. The molecule has 5 nitrogen and oxygen atoms in total. The molecule has 102 valence electrons. The number of nitrogens with two attached hydrogens (primary N) is 1. The van der Waals surface area contributed by atoms with Crippen LogP contribution in [0.15, 0.2) is 17.0 Å². The maximum atomic E-state index is 12.3. The second-order valence-corrected chi connectivity index (χ2v) is 6.45. The largest absolute Gasteiger partial charge is 0.398 e. The van der Waals surface area contributed by atoms with E-state index in [-0.39, 0.29) is 33.8 Å². The van der Waals surface area contributed by atoms with Crippen LogP contribution in [0.4, 0.5) is 5.69 Å². The number of sulfonamides is 1. The molecule has 0 atom stereocenters. The Balaban J connectivity index is 3.20. The van der Waals surface area contributed by atoms with Crippen LogP contribution in [0, 0.1) is 0 Å². The SMILES string of the molecule is COCCN(C)S(=O)(=O)c1c(N)cc(Cl)cc1Cl. The lowest BCUT2D eigenvalue weighted by Gasteiger charge is -2.18. The predicted molar refractivity (Wildman–Crippen MR) is 72.6 cm³/mol. The van der Waals surface area contributed by atoms with Crippen molar-refractivity contribution >= 4 is 38.9 Å². The fourth-order valence-electron chi connectivity index (χ4n) is 1.35. The van der Waals surface area contributed by atoms with Crippen LogP contribution in [0.5, 0.6) is 0 Å². The molecule has 0 aliphatic rings. The molecule has 1 aromatic rings. The number of nitrogens with zero attached hydrogens (tertiary/aromatic N) is 1. The Morgan fingerprint density at radius 1 is 1.39 bits per heavy atom. The Kier molecular flexibility index (Phi) is 5.24. The molecule has 0 spiro atoms. The van der Waals surface area contributed by atoms with Crippen molar-refractivity contribution in [3.8, 4) is 0 Å². The van der Waals surface area contributed by atoms with Gasteiger partial charge in [0.05, 0.1) is 17.3 Å². The number of benzene rings is 1. The van der Waals surface area contributed by atoms with Gasteiger partial charge >= 0.3 is 0 Å². The summed E-state index contributed by atoms with van der Waals surface area (Å²) in [6.45, 7) is 0.484. The molecular formula is C10H14Cl2N2O3S. The zero-order chi connectivity index (χ0) is 13.9. The van der Waals surface area contributed by atoms with Gasteiger partial charge in [-0.1, -0.05) is 23.2 Å². The van der Waals surface area contributed by atoms with E-state index >= 15 is 0 Å². The van der Waals surface area contributed by atoms with E-state index in [1.807, 2.05) is 0 Å². The van der Waals surface area contributed by atoms with Gasteiger partial charge in [-0.05, 0) is 12.1 Å². The maximum absolute atomic E-state index is 12.3. The van der Waals surface area contributed by atoms with E-state index in [1.54, 1.807) is 0 Å². The molecule has 0 aliphatic carbocycles. The molecule has 0 bridgehead atoms. The Bertz CT molecular complexity index is 511. The number of anilines is 1. The van der Waals surface area contributed by atoms with Crippen LogP contribution in [0.3, 0.4) is 0 Å². The van der Waals surface area contributed by atoms with Gasteiger partial charge in [0.25, 0.3) is 0 Å². The summed E-state index contributed by atoms with van der Waals surface area (Å²) in [5.74, 6) is 0. The molecule has 1 rings (SSSR count). The fourth-order valence-corrected chi connectivity index (χ4v) is 3.44. The first-order valence-corrected chi connectivity index (χ1v) is 7.20. The van der Waals surface area contributed by atoms with Gasteiger partial charge in [-0.15, -0.1) is 0 Å². The number of nitrogen functional groups attached to an aromatic ring is 1. The molecule has 0 heterocycles. The van der Waals surface area contributed by atoms with Crippen molar-refractivity contribution in [3.63, 3.8) is 0 Å². The van der Waals surface area contributed by atoms with Crippen molar-refractivity contribution in [1.29, 1.82) is 0 Å². The number of likely N-dealkylation sites (N-methyl/N-ethyl adjacent to an activating group) is 1. The highest BCUT2D eigenvalue weighted by Crippen LogP contribution is 2.32. The summed E-state index contributed by atoms with van der Waals surface area (Å²) < 4.78 is 30.5. The van der Waals surface area contributed by atoms with Crippen LogP contribution in [-0.2, 0) is 14.8 Å². The van der Waals surface area contributed by atoms with E-state index in [0.29, 0.717) is 0 Å². The zero-order valence-corrected chi connectivity index (χ0v) is 12.3. The molecular weight excluding hydrogens is 299 g/mol. The van der Waals surface area contributed by atoms with E-state index in [0.717, 1.165) is 4.31 Å². The molecule has 2 N–H and O–H groups in total. The minimum absolute atomic E-state index is 0.00395. The van der Waals surface area contributed by atoms with Gasteiger partial charge in [-0.25, -0.2) is 8.42 Å². The quantitative estimate of drug-likeness (QED) is 0.842. The normalized spacial score (nSPS) is 12.1. The predicted octanol–water partition coefficient (Wildman–Crippen LogP) is 1.84. The Labute approximate surface area is 116 Å². The van der Waals surface area contributed by atoms with Crippen molar-refractivity contribution in [1.82, 2.24) is 4.31 Å². The van der Waals surface area contributed by atoms with Gasteiger partial charge in [-0.3, -0.25) is 0 Å². The highest BCUT2D eigenvalue weighted by atomic mass is 35.5. The summed E-state index contributed by atoms with van der Waals surface area (Å²) in [6, 6.07) is 2.70. The second kappa shape index (κ2) is 6.08. The minimum Gasteiger partial charge on any atom is -0.398 e. The molecule has 0 aliphatic heterocycles. The van der Waals surface area contributed by atoms with Crippen molar-refractivity contribution in [2.75, 3.05) is 33.0 Å². The highest BCUT2D eigenvalue weighted by Gasteiger charge is 2.26. The van der Waals surface area contributed by atoms with Crippen molar-refractivity contribution < 1.29 is 13.2 Å². The van der Waals surface area contributed by atoms with Gasteiger partial charge in [0.2, 0.25) is 10.0 Å². The smallest absolute Gasteiger partial charge is 0.246 e. The molecule has 0 aromatic heterocycles. The molecule has 1 aromatic carbocycles. The van der Waals surface area contributed by atoms with Gasteiger partial charge < -0.3 is 10.5 Å². The Hall–Kier alpha value is -0.530. The number of hydrogen-bond donors (Lipinski definition) is 1. The molecule has 0 amide bonds. The van der Waals surface area contributed by atoms with Gasteiger partial charge in [-0.2, -0.15) is 4.31 Å². The third kappa shape index (κ3) is 3.27. The third-order valence-corrected chi connectivity index (χ3v) is 4.92. The van der Waals surface area contributed by atoms with Crippen LogP contribution in [0.25, 0.3) is 0 Å². The summed E-state index contributed by atoms with van der Waals surface area (Å²) in [6.07, 6.45) is 0. The number of hydrogen-bond acceptors (Lipinski definition) is 4. The molecule has 8 heteroatoms. The van der Waals surface area contributed by atoms with E-state index in [1.165, 1.54) is 26.3 Å². The van der Waals surface area contributed by atoms with Crippen molar-refractivity contribution in [2.45, 2.75) is 4.90 Å². The number of halogens is 2. The Morgan fingerprint density at radius 3 is 2.50 bits per heavy atom. The molecule has 0 fully saturated rings. The Morgan fingerprint density at radius 2 is 2.00 bits per heavy atom. The van der Waals surface area contributed by atoms with Crippen LogP contribution in [0.1, 0.15) is 0 Å². The summed E-state index contributed by atoms with van der Waals surface area (Å²) in [5.41, 5.74) is 5.69. The standard InChI is InChI=1S/C10H14Cl2N2O3S/c1-14(3-4-17-2)18(15,16)10-8(12)5-7(11)6-9(10)13/h5-6H,3-4,13H2,1-2H3. The van der Waals surface area contributed by atoms with Crippen LogP contribution >= 0.6 is 23.2 Å². The summed E-state index contributed by atoms with van der Waals surface area (Å²) >= 11 is 11.6. The third-order valence-electron chi connectivity index (χ3n) is 2.32. The number of methoxy groups -OCH3 is 1. The van der Waals surface area contributed by atoms with E-state index in [4.69, 9.17) is 33.7 Å². The zero-order valence-electron chi connectivity index (χ0n) is 9.98. The molecule has 0 unspecified atom stereocenters. The number of ether oxygens (including phenoxy) is 1. The second-order valence-electron chi connectivity index (χ2n) is 3.63. The lowest BCUT2D eigenvalue weighted by Crippen LogP contribution is -2.30. The van der Waals surface area contributed by atoms with Gasteiger partial charge in [0.1, 0.15) is 4.90 Å². The summed E-state index contributed by atoms with van der Waals surface area (Å²) in [5, 5.41) is 0.292. The first kappa shape index (κ1) is 15.5. The van der Waals surface area contributed by atoms with E-state index < -0.39 is 10.0 Å². The van der Waals surface area contributed by atoms with Crippen molar-refractivity contribution in [2.24, 2.45) is 0 Å². The average molecular weight is 313 g/mol. The van der Waals surface area contributed by atoms with Gasteiger partial charge in [0.15, 0.2) is 0 Å². The van der Waals surface area contributed by atoms with Gasteiger partial charge in [0, 0.05) is 25.7 Å². The molecule has 0 radical (unpaired) electrons. The summed E-state index contributed by atoms with van der Waals surface area (Å²) in [4.78, 5) is -0.132. The average Bonchev–Trinajstić information content (AvgIpc) is 2.23. The van der Waals surface area contributed by atoms with Crippen molar-refractivity contribution in [3.05, 3.63) is 22.2 Å². The van der Waals surface area contributed by atoms with Crippen LogP contribution in [0.2, 0.25) is 10.0 Å². The highest BCUT2D eigenvalue weighted by molar-refractivity contribution is 7.89. The molecule has 0 saturated heterocycles. The van der Waals surface area contributed by atoms with E-state index in [2.05, 4.69) is 0 Å². The van der Waals surface area contributed by atoms with E-state index in [9.17, 15) is 8.42 Å². The summed E-state index contributed by atoms with van der Waals surface area (Å²) in [7, 11) is -0.832. The first-order valence-electron chi connectivity index (χ1n) is 5.00. The monoisotopic (exact) mass is 312 g/mol. The lowest BCUT2D eigenvalue weighted by molar-refractivity contribution is 0.185. The molecule has 18 heavy (non-hydrogen) atoms. The fraction of sp³-hybridized carbons (Fsp3) is 0.400. The van der Waals surface area contributed by atoms with Crippen LogP contribution < -0.4 is 5.73 Å². The first-order chi connectivity index (χ1) is 8.30. The molecule has 0 saturated carbocycles. The maximum Gasteiger partial charge on any atom is 0.246 e.